The minimum absolute atomic E-state index is 0.0746. The predicted molar refractivity (Wildman–Crippen MR) is 184 cm³/mol. The number of benzene rings is 1. The topological polar surface area (TPSA) is 191 Å². The minimum Gasteiger partial charge on any atom is -0.462 e. The summed E-state index contributed by atoms with van der Waals surface area (Å²) in [6, 6.07) is 9.04. The van der Waals surface area contributed by atoms with Gasteiger partial charge in [-0.15, -0.1) is 0 Å². The molecule has 1 heterocycles. The monoisotopic (exact) mass is 740 g/mol. The molecule has 0 unspecified atom stereocenters. The molecule has 0 aromatic heterocycles. The maximum absolute atomic E-state index is 13.5. The molecular weight excluding hydrogens is 692 g/mol. The highest BCUT2D eigenvalue weighted by atomic mass is 16.6. The van der Waals surface area contributed by atoms with Crippen molar-refractivity contribution >= 4 is 41.9 Å². The van der Waals surface area contributed by atoms with E-state index in [1.165, 1.54) is 26.8 Å². The first-order chi connectivity index (χ1) is 24.7. The summed E-state index contributed by atoms with van der Waals surface area (Å²) in [5.41, 5.74) is -5.38. The quantitative estimate of drug-likeness (QED) is 0.134. The summed E-state index contributed by atoms with van der Waals surface area (Å²) in [6.45, 7) is 12.4. The Balaban J connectivity index is 1.82. The number of hydrogen-bond acceptors (Lipinski definition) is 14. The van der Waals surface area contributed by atoms with Gasteiger partial charge in [-0.25, -0.2) is 4.79 Å². The van der Waals surface area contributed by atoms with Gasteiger partial charge in [0.25, 0.3) is 0 Å². The van der Waals surface area contributed by atoms with Gasteiger partial charge in [-0.3, -0.25) is 24.0 Å². The van der Waals surface area contributed by atoms with Crippen LogP contribution in [0.25, 0.3) is 6.08 Å². The van der Waals surface area contributed by atoms with E-state index in [0.29, 0.717) is 5.57 Å². The Hall–Kier alpha value is -4.56. The van der Waals surface area contributed by atoms with E-state index in [1.54, 1.807) is 45.9 Å². The van der Waals surface area contributed by atoms with Gasteiger partial charge in [0.05, 0.1) is 12.0 Å². The maximum atomic E-state index is 13.5. The second kappa shape index (κ2) is 14.3. The maximum Gasteiger partial charge on any atom is 0.331 e. The van der Waals surface area contributed by atoms with Crippen molar-refractivity contribution in [1.82, 2.24) is 0 Å². The van der Waals surface area contributed by atoms with E-state index in [9.17, 15) is 33.9 Å². The molecule has 288 valence electrons. The molecule has 2 bridgehead atoms. The zero-order valence-corrected chi connectivity index (χ0v) is 31.5. The minimum atomic E-state index is -2.13. The van der Waals surface area contributed by atoms with Crippen LogP contribution in [-0.4, -0.2) is 95.4 Å². The molecule has 14 heteroatoms. The highest BCUT2D eigenvalue weighted by molar-refractivity contribution is 5.87. The highest BCUT2D eigenvalue weighted by Crippen LogP contribution is 2.67. The third-order valence-corrected chi connectivity index (χ3v) is 11.4. The molecule has 1 spiro atoms. The number of carbonyl (C=O) groups is 6. The van der Waals surface area contributed by atoms with E-state index in [4.69, 9.17) is 33.2 Å². The van der Waals surface area contributed by atoms with Crippen LogP contribution in [0.4, 0.5) is 0 Å². The predicted octanol–water partition coefficient (Wildman–Crippen LogP) is 3.56. The lowest BCUT2D eigenvalue weighted by Crippen LogP contribution is -2.76. The zero-order chi connectivity index (χ0) is 39.3. The number of esters is 6. The Kier molecular flexibility index (Phi) is 10.7. The molecule has 3 aliphatic carbocycles. The summed E-state index contributed by atoms with van der Waals surface area (Å²) in [6.07, 6.45) is -5.71. The van der Waals surface area contributed by atoms with Crippen molar-refractivity contribution in [3.63, 3.8) is 0 Å². The van der Waals surface area contributed by atoms with Crippen molar-refractivity contribution in [2.45, 2.75) is 123 Å². The number of hydrogen-bond donors (Lipinski definition) is 1. The van der Waals surface area contributed by atoms with Crippen LogP contribution in [-0.2, 0) is 61.9 Å². The fraction of sp³-hybridized carbons (Fsp3) is 0.590. The number of fused-ring (bicyclic) bond motifs is 4. The number of epoxide rings is 1. The molecule has 10 atom stereocenters. The molecule has 2 saturated carbocycles. The Morgan fingerprint density at radius 3 is 1.83 bits per heavy atom. The molecule has 5 rings (SSSR count). The molecule has 1 aromatic rings. The SMILES string of the molecule is CC(=O)O[C@H]1C[C@@]2(O)[C@@H](OC(C)=O)[C@@H]3[C@@]4(CO4)[C@@H](OC(=O)/C=C/c4ccccc4)C[C@H](OC(C)=O)[C@@]3(C)[C@@H](OC(C)=O)[C@H](OC(C)=O)C(=C1C)C2(C)C. The number of ether oxygens (including phenoxy) is 7. The number of aliphatic hydroxyl groups is 1. The van der Waals surface area contributed by atoms with Crippen LogP contribution >= 0.6 is 0 Å². The summed E-state index contributed by atoms with van der Waals surface area (Å²) in [5.74, 6) is -5.81. The van der Waals surface area contributed by atoms with Gasteiger partial charge in [0.2, 0.25) is 0 Å². The molecule has 1 saturated heterocycles. The largest absolute Gasteiger partial charge is 0.462 e. The lowest BCUT2D eigenvalue weighted by molar-refractivity contribution is -0.284. The lowest BCUT2D eigenvalue weighted by atomic mass is 9.45. The van der Waals surface area contributed by atoms with Crippen molar-refractivity contribution in [3.05, 3.63) is 53.1 Å². The molecular formula is C39H48O14. The Morgan fingerprint density at radius 2 is 1.30 bits per heavy atom. The third-order valence-electron chi connectivity index (χ3n) is 11.4. The van der Waals surface area contributed by atoms with Gasteiger partial charge < -0.3 is 38.3 Å². The molecule has 1 aromatic carbocycles. The molecule has 0 amide bonds. The Labute approximate surface area is 308 Å². The summed E-state index contributed by atoms with van der Waals surface area (Å²) >= 11 is 0. The molecule has 4 aliphatic rings. The van der Waals surface area contributed by atoms with Crippen LogP contribution in [0.3, 0.4) is 0 Å². The first kappa shape index (κ1) is 39.6. The van der Waals surface area contributed by atoms with Crippen LogP contribution in [0.2, 0.25) is 0 Å². The van der Waals surface area contributed by atoms with Gasteiger partial charge >= 0.3 is 35.8 Å². The van der Waals surface area contributed by atoms with Crippen molar-refractivity contribution in [2.24, 2.45) is 16.7 Å². The van der Waals surface area contributed by atoms with E-state index >= 15 is 0 Å². The zero-order valence-electron chi connectivity index (χ0n) is 31.5. The molecule has 3 fully saturated rings. The normalized spacial score (nSPS) is 35.5. The molecule has 1 aliphatic heterocycles. The third kappa shape index (κ3) is 7.10. The molecule has 1 N–H and O–H groups in total. The fourth-order valence-corrected chi connectivity index (χ4v) is 9.13. The second-order valence-corrected chi connectivity index (χ2v) is 15.1. The van der Waals surface area contributed by atoms with E-state index in [-0.39, 0.29) is 25.0 Å². The van der Waals surface area contributed by atoms with Crippen molar-refractivity contribution in [1.29, 1.82) is 0 Å². The second-order valence-electron chi connectivity index (χ2n) is 15.1. The van der Waals surface area contributed by atoms with Crippen LogP contribution in [0, 0.1) is 16.7 Å². The first-order valence-corrected chi connectivity index (χ1v) is 17.6. The molecule has 53 heavy (non-hydrogen) atoms. The average Bonchev–Trinajstić information content (AvgIpc) is 3.83. The van der Waals surface area contributed by atoms with Crippen LogP contribution in [0.1, 0.15) is 80.7 Å². The number of rotatable bonds is 8. The Morgan fingerprint density at radius 1 is 0.755 bits per heavy atom. The van der Waals surface area contributed by atoms with E-state index in [2.05, 4.69) is 0 Å². The van der Waals surface area contributed by atoms with E-state index in [0.717, 1.165) is 19.4 Å². The van der Waals surface area contributed by atoms with Crippen LogP contribution in [0.5, 0.6) is 0 Å². The number of carbonyl (C=O) groups excluding carboxylic acids is 6. The van der Waals surface area contributed by atoms with Crippen molar-refractivity contribution in [3.8, 4) is 0 Å². The summed E-state index contributed by atoms with van der Waals surface area (Å²) < 4.78 is 42.4. The van der Waals surface area contributed by atoms with Crippen molar-refractivity contribution in [2.75, 3.05) is 6.61 Å². The summed E-state index contributed by atoms with van der Waals surface area (Å²) in [4.78, 5) is 78.1. The van der Waals surface area contributed by atoms with Crippen molar-refractivity contribution < 1.29 is 67.0 Å². The smallest absolute Gasteiger partial charge is 0.331 e. The van der Waals surface area contributed by atoms with Gasteiger partial charge in [-0.1, -0.05) is 51.1 Å². The van der Waals surface area contributed by atoms with Crippen LogP contribution in [0.15, 0.2) is 47.6 Å². The lowest BCUT2D eigenvalue weighted by Gasteiger charge is -2.64. The summed E-state index contributed by atoms with van der Waals surface area (Å²) in [7, 11) is 0. The molecule has 14 nitrogen and oxygen atoms in total. The first-order valence-electron chi connectivity index (χ1n) is 17.6. The Bertz CT molecular complexity index is 1720. The molecule has 0 radical (unpaired) electrons. The van der Waals surface area contributed by atoms with Gasteiger partial charge in [-0.2, -0.15) is 0 Å². The average molecular weight is 741 g/mol. The van der Waals surface area contributed by atoms with Gasteiger partial charge in [0.1, 0.15) is 35.6 Å². The fourth-order valence-electron chi connectivity index (χ4n) is 9.13. The van der Waals surface area contributed by atoms with Gasteiger partial charge in [-0.05, 0) is 29.7 Å². The van der Waals surface area contributed by atoms with E-state index < -0.39 is 100 Å². The van der Waals surface area contributed by atoms with Gasteiger partial charge in [0.15, 0.2) is 12.2 Å². The van der Waals surface area contributed by atoms with Gasteiger partial charge in [0, 0.05) is 64.9 Å². The van der Waals surface area contributed by atoms with Crippen LogP contribution < -0.4 is 0 Å². The standard InChI is InChI=1S/C39H48O14/c1-20-27(48-21(2)40)18-39(46)35(52-25(6)44)33-37(9,34(51-24(5)43)32(50-23(4)42)31(20)36(39,7)8)28(49-22(3)41)17-29(38(33)19-47-38)53-30(45)16-15-26-13-11-10-12-14-26/h10-16,27-29,32-35,46H,17-19H2,1-9H3/b16-15+/t27-,28-,29-,32+,33-,34-,35-,37+,38+,39+/m0/s1. The highest BCUT2D eigenvalue weighted by Gasteiger charge is 2.80. The van der Waals surface area contributed by atoms with E-state index in [1.807, 2.05) is 18.2 Å². The summed E-state index contributed by atoms with van der Waals surface area (Å²) in [5, 5.41) is 13.3.